The van der Waals surface area contributed by atoms with Gasteiger partial charge in [0.2, 0.25) is 11.7 Å². The van der Waals surface area contributed by atoms with E-state index in [-0.39, 0.29) is 23.1 Å². The van der Waals surface area contributed by atoms with Crippen molar-refractivity contribution in [2.75, 3.05) is 23.3 Å². The van der Waals surface area contributed by atoms with Crippen LogP contribution in [-0.2, 0) is 6.54 Å². The monoisotopic (exact) mass is 507 g/mol. The molecule has 2 aromatic heterocycles. The number of nitro groups is 1. The molecule has 190 valence electrons. The molecule has 0 bridgehead atoms. The van der Waals surface area contributed by atoms with Gasteiger partial charge < -0.3 is 19.1 Å². The molecule has 0 unspecified atom stereocenters. The van der Waals surface area contributed by atoms with Crippen LogP contribution in [0.1, 0.15) is 40.8 Å². The number of piperidine rings is 1. The molecule has 1 saturated heterocycles. The normalized spacial score (nSPS) is 14.0. The van der Waals surface area contributed by atoms with E-state index in [0.717, 1.165) is 11.6 Å². The molecule has 0 spiro atoms. The van der Waals surface area contributed by atoms with Crippen LogP contribution < -0.4 is 16.0 Å². The second-order valence-electron chi connectivity index (χ2n) is 8.63. The molecule has 1 aliphatic heterocycles. The molecule has 1 fully saturated rings. The number of hydrogen-bond donors (Lipinski definition) is 1. The number of amides is 1. The summed E-state index contributed by atoms with van der Waals surface area (Å²) in [5.41, 5.74) is 1.28. The van der Waals surface area contributed by atoms with Gasteiger partial charge in [0.25, 0.3) is 5.91 Å². The fourth-order valence-electron chi connectivity index (χ4n) is 4.31. The van der Waals surface area contributed by atoms with E-state index in [1.807, 2.05) is 30.3 Å². The molecule has 1 amide bonds. The Bertz CT molecular complexity index is 1490. The quantitative estimate of drug-likeness (QED) is 0.291. The lowest BCUT2D eigenvalue weighted by Crippen LogP contribution is -2.33. The van der Waals surface area contributed by atoms with E-state index in [9.17, 15) is 24.1 Å². The van der Waals surface area contributed by atoms with Gasteiger partial charge in [0.05, 0.1) is 6.54 Å². The summed E-state index contributed by atoms with van der Waals surface area (Å²) in [5, 5.41) is 18.4. The minimum Gasteiger partial charge on any atom is -0.394 e. The van der Waals surface area contributed by atoms with Crippen molar-refractivity contribution in [1.29, 1.82) is 0 Å². The average Bonchev–Trinajstić information content (AvgIpc) is 3.49. The molecule has 37 heavy (non-hydrogen) atoms. The fourth-order valence-corrected chi connectivity index (χ4v) is 4.31. The van der Waals surface area contributed by atoms with Crippen LogP contribution in [-0.4, -0.2) is 33.7 Å². The predicted octanol–water partition coefficient (Wildman–Crippen LogP) is 4.16. The molecule has 2 aromatic carbocycles. The maximum atomic E-state index is 13.4. The first-order valence-corrected chi connectivity index (χ1v) is 11.6. The smallest absolute Gasteiger partial charge is 0.394 e. The second-order valence-corrected chi connectivity index (χ2v) is 8.63. The Kier molecular flexibility index (Phi) is 6.54. The minimum absolute atomic E-state index is 0.136. The van der Waals surface area contributed by atoms with Gasteiger partial charge in [-0.15, -0.1) is 5.10 Å². The summed E-state index contributed by atoms with van der Waals surface area (Å²) in [7, 11) is 0. The first kappa shape index (κ1) is 24.0. The highest BCUT2D eigenvalue weighted by Gasteiger charge is 2.33. The predicted molar refractivity (Wildman–Crippen MR) is 130 cm³/mol. The summed E-state index contributed by atoms with van der Waals surface area (Å²) in [6.07, 6.45) is 1.05. The van der Waals surface area contributed by atoms with Gasteiger partial charge in [-0.1, -0.05) is 36.4 Å². The van der Waals surface area contributed by atoms with E-state index in [0.29, 0.717) is 38.4 Å². The number of carbonyl (C=O) groups excluding carboxylic acids is 1. The van der Waals surface area contributed by atoms with Crippen molar-refractivity contribution >= 4 is 23.2 Å². The number of nitrogens with zero attached hydrogens (tertiary/aromatic N) is 4. The van der Waals surface area contributed by atoms with Gasteiger partial charge in [0.1, 0.15) is 10.7 Å². The highest BCUT2D eigenvalue weighted by Crippen LogP contribution is 2.36. The van der Waals surface area contributed by atoms with Crippen LogP contribution in [0, 0.1) is 15.9 Å². The molecule has 0 atom stereocenters. The summed E-state index contributed by atoms with van der Waals surface area (Å²) < 4.78 is 25.4. The Hall–Kier alpha value is -4.74. The highest BCUT2D eigenvalue weighted by molar-refractivity contribution is 6.03. The summed E-state index contributed by atoms with van der Waals surface area (Å²) >= 11 is 0. The molecule has 0 saturated carbocycles. The summed E-state index contributed by atoms with van der Waals surface area (Å²) in [5.74, 6) is -2.44. The van der Waals surface area contributed by atoms with E-state index >= 15 is 0 Å². The Morgan fingerprint density at radius 1 is 1.11 bits per heavy atom. The maximum absolute atomic E-state index is 13.4. The van der Waals surface area contributed by atoms with Gasteiger partial charge in [-0.2, -0.15) is 4.68 Å². The highest BCUT2D eigenvalue weighted by atomic mass is 19.1. The van der Waals surface area contributed by atoms with Gasteiger partial charge in [-0.3, -0.25) is 14.9 Å². The SMILES string of the molecule is O=C(Nc1cccc(F)c1)c1cc(N2CCC(c3nn(Cc4ccccc4)c(=O)o3)CC2)c([N+](=O)[O-])o1. The van der Waals surface area contributed by atoms with E-state index in [2.05, 4.69) is 10.4 Å². The zero-order valence-electron chi connectivity index (χ0n) is 19.5. The second kappa shape index (κ2) is 10.1. The topological polar surface area (TPSA) is 137 Å². The number of nitrogens with one attached hydrogen (secondary N) is 1. The van der Waals surface area contributed by atoms with Gasteiger partial charge in [0.15, 0.2) is 5.69 Å². The van der Waals surface area contributed by atoms with Gasteiger partial charge in [-0.25, -0.2) is 9.18 Å². The number of benzene rings is 2. The third kappa shape index (κ3) is 5.27. The first-order chi connectivity index (χ1) is 17.9. The number of furan rings is 1. The number of aromatic nitrogens is 2. The van der Waals surface area contributed by atoms with Crippen molar-refractivity contribution in [3.8, 4) is 0 Å². The Balaban J connectivity index is 1.27. The summed E-state index contributed by atoms with van der Waals surface area (Å²) in [6.45, 7) is 1.08. The number of hydrogen-bond acceptors (Lipinski definition) is 8. The Morgan fingerprint density at radius 2 is 1.86 bits per heavy atom. The van der Waals surface area contributed by atoms with Crippen molar-refractivity contribution < 1.29 is 22.9 Å². The minimum atomic E-state index is -0.736. The van der Waals surface area contributed by atoms with Crippen molar-refractivity contribution in [3.63, 3.8) is 0 Å². The lowest BCUT2D eigenvalue weighted by molar-refractivity contribution is -0.401. The Labute approximate surface area is 209 Å². The van der Waals surface area contributed by atoms with Crippen LogP contribution in [0.15, 0.2) is 74.3 Å². The Morgan fingerprint density at radius 3 is 2.57 bits per heavy atom. The molecular formula is C25H22FN5O6. The fraction of sp³-hybridized carbons (Fsp3) is 0.240. The zero-order valence-corrected chi connectivity index (χ0v) is 19.5. The molecule has 5 rings (SSSR count). The lowest BCUT2D eigenvalue weighted by atomic mass is 9.96. The third-order valence-electron chi connectivity index (χ3n) is 6.15. The molecule has 11 nitrogen and oxygen atoms in total. The van der Waals surface area contributed by atoms with Gasteiger partial charge >= 0.3 is 11.6 Å². The summed E-state index contributed by atoms with van der Waals surface area (Å²) in [6, 6.07) is 16.0. The van der Waals surface area contributed by atoms with Crippen LogP contribution in [0.25, 0.3) is 0 Å². The molecule has 3 heterocycles. The molecule has 1 N–H and O–H groups in total. The van der Waals surface area contributed by atoms with Crippen molar-refractivity contribution in [2.24, 2.45) is 0 Å². The lowest BCUT2D eigenvalue weighted by Gasteiger charge is -2.30. The standard InChI is InChI=1S/C25H22FN5O6/c26-18-7-4-8-19(13-18)27-22(32)21-14-20(24(36-21)31(34)35)29-11-9-17(10-12-29)23-28-30(25(33)37-23)15-16-5-2-1-3-6-16/h1-8,13-14,17H,9-12,15H2,(H,27,32). The number of anilines is 2. The average molecular weight is 507 g/mol. The molecule has 0 radical (unpaired) electrons. The van der Waals surface area contributed by atoms with Crippen LogP contribution in [0.4, 0.5) is 21.6 Å². The largest absolute Gasteiger partial charge is 0.457 e. The van der Waals surface area contributed by atoms with E-state index in [4.69, 9.17) is 8.83 Å². The van der Waals surface area contributed by atoms with E-state index < -0.39 is 28.3 Å². The number of carbonyl (C=O) groups is 1. The van der Waals surface area contributed by atoms with Gasteiger partial charge in [-0.05, 0) is 36.6 Å². The van der Waals surface area contributed by atoms with Crippen LogP contribution in [0.5, 0.6) is 0 Å². The van der Waals surface area contributed by atoms with Crippen LogP contribution >= 0.6 is 0 Å². The van der Waals surface area contributed by atoms with Crippen molar-refractivity contribution in [2.45, 2.75) is 25.3 Å². The molecular weight excluding hydrogens is 485 g/mol. The van der Waals surface area contributed by atoms with Crippen LogP contribution in [0.3, 0.4) is 0 Å². The number of rotatable bonds is 7. The molecule has 0 aliphatic carbocycles. The first-order valence-electron chi connectivity index (χ1n) is 11.6. The van der Waals surface area contributed by atoms with Crippen molar-refractivity contribution in [1.82, 2.24) is 9.78 Å². The maximum Gasteiger partial charge on any atom is 0.457 e. The molecule has 1 aliphatic rings. The van der Waals surface area contributed by atoms with E-state index in [1.54, 1.807) is 4.90 Å². The molecule has 4 aromatic rings. The summed E-state index contributed by atoms with van der Waals surface area (Å²) in [4.78, 5) is 37.5. The van der Waals surface area contributed by atoms with E-state index in [1.165, 1.54) is 28.9 Å². The number of halogens is 1. The molecule has 12 heteroatoms. The zero-order chi connectivity index (χ0) is 25.9. The van der Waals surface area contributed by atoms with Gasteiger partial charge in [0, 0.05) is 30.8 Å². The van der Waals surface area contributed by atoms with Crippen LogP contribution in [0.2, 0.25) is 0 Å². The third-order valence-corrected chi connectivity index (χ3v) is 6.15. The van der Waals surface area contributed by atoms with Crippen molar-refractivity contribution in [3.05, 3.63) is 104 Å².